The van der Waals surface area contributed by atoms with E-state index in [1.165, 1.54) is 5.56 Å². The average molecular weight is 306 g/mol. The van der Waals surface area contributed by atoms with Crippen LogP contribution in [0.15, 0.2) is 24.3 Å². The first-order chi connectivity index (χ1) is 10.1. The van der Waals surface area contributed by atoms with Crippen molar-refractivity contribution in [3.05, 3.63) is 29.8 Å². The second-order valence-electron chi connectivity index (χ2n) is 5.14. The van der Waals surface area contributed by atoms with Crippen LogP contribution in [0.2, 0.25) is 0 Å². The number of anilines is 1. The highest BCUT2D eigenvalue weighted by Crippen LogP contribution is 2.16. The molecular weight excluding hydrogens is 284 g/mol. The number of hydrogen-bond donors (Lipinski definition) is 3. The van der Waals surface area contributed by atoms with Crippen LogP contribution in [0.3, 0.4) is 0 Å². The number of unbranched alkanes of at least 4 members (excludes halogenated alkanes) is 1. The summed E-state index contributed by atoms with van der Waals surface area (Å²) in [5, 5.41) is 9.92. The van der Waals surface area contributed by atoms with Gasteiger partial charge in [0, 0.05) is 24.4 Å². The third kappa shape index (κ3) is 5.30. The predicted octanol–water partition coefficient (Wildman–Crippen LogP) is 2.24. The van der Waals surface area contributed by atoms with E-state index >= 15 is 0 Å². The number of rotatable bonds is 6. The molecule has 0 aromatic heterocycles. The molecule has 114 valence electrons. The minimum absolute atomic E-state index is 0.0543. The van der Waals surface area contributed by atoms with Gasteiger partial charge in [0.2, 0.25) is 5.91 Å². The molecule has 21 heavy (non-hydrogen) atoms. The molecule has 1 aliphatic heterocycles. The van der Waals surface area contributed by atoms with E-state index in [1.54, 1.807) is 0 Å². The van der Waals surface area contributed by atoms with Gasteiger partial charge in [-0.2, -0.15) is 0 Å². The lowest BCUT2D eigenvalue weighted by Gasteiger charge is -2.13. The van der Waals surface area contributed by atoms with Crippen molar-refractivity contribution in [3.8, 4) is 0 Å². The number of carbonyl (C=O) groups is 1. The summed E-state index contributed by atoms with van der Waals surface area (Å²) in [4.78, 5) is 13.8. The molecule has 4 N–H and O–H groups in total. The average Bonchev–Trinajstić information content (AvgIpc) is 2.99. The summed E-state index contributed by atoms with van der Waals surface area (Å²) in [6.45, 7) is 0.911. The molecule has 0 saturated carbocycles. The SMILES string of the molecule is N=C(N)Nc1ccc(CCCCC(=O)N2CCSC2)cc1. The van der Waals surface area contributed by atoms with Crippen molar-refractivity contribution in [2.45, 2.75) is 25.7 Å². The fourth-order valence-electron chi connectivity index (χ4n) is 2.28. The van der Waals surface area contributed by atoms with E-state index in [9.17, 15) is 4.79 Å². The van der Waals surface area contributed by atoms with Crippen molar-refractivity contribution in [3.63, 3.8) is 0 Å². The molecule has 5 nitrogen and oxygen atoms in total. The van der Waals surface area contributed by atoms with E-state index in [4.69, 9.17) is 11.1 Å². The molecule has 0 bridgehead atoms. The summed E-state index contributed by atoms with van der Waals surface area (Å²) in [5.74, 6) is 2.18. The quantitative estimate of drug-likeness (QED) is 0.428. The topological polar surface area (TPSA) is 82.2 Å². The third-order valence-corrected chi connectivity index (χ3v) is 4.41. The Morgan fingerprint density at radius 1 is 1.33 bits per heavy atom. The second kappa shape index (κ2) is 7.93. The molecule has 0 aliphatic carbocycles. The molecule has 0 atom stereocenters. The van der Waals surface area contributed by atoms with E-state index in [1.807, 2.05) is 40.9 Å². The standard InChI is InChI=1S/C15H22N4OS/c16-15(17)18-13-7-5-12(6-8-13)3-1-2-4-14(20)19-9-10-21-11-19/h5-8H,1-4,9-11H2,(H4,16,17,18). The van der Waals surface area contributed by atoms with Crippen molar-refractivity contribution in [2.24, 2.45) is 5.73 Å². The van der Waals surface area contributed by atoms with Crippen LogP contribution in [-0.2, 0) is 11.2 Å². The van der Waals surface area contributed by atoms with Gasteiger partial charge in [0.25, 0.3) is 0 Å². The molecule has 6 heteroatoms. The van der Waals surface area contributed by atoms with Gasteiger partial charge in [-0.05, 0) is 37.0 Å². The fourth-order valence-corrected chi connectivity index (χ4v) is 3.26. The zero-order chi connectivity index (χ0) is 15.1. The highest BCUT2D eigenvalue weighted by Gasteiger charge is 2.17. The van der Waals surface area contributed by atoms with E-state index < -0.39 is 0 Å². The number of thioether (sulfide) groups is 1. The first kappa shape index (κ1) is 15.7. The Kier molecular flexibility index (Phi) is 5.92. The third-order valence-electron chi connectivity index (χ3n) is 3.44. The van der Waals surface area contributed by atoms with Gasteiger partial charge in [0.15, 0.2) is 5.96 Å². The maximum Gasteiger partial charge on any atom is 0.223 e. The molecule has 0 spiro atoms. The predicted molar refractivity (Wildman–Crippen MR) is 88.6 cm³/mol. The molecule has 1 aromatic rings. The Morgan fingerprint density at radius 2 is 2.10 bits per heavy atom. The highest BCUT2D eigenvalue weighted by atomic mass is 32.2. The van der Waals surface area contributed by atoms with E-state index in [-0.39, 0.29) is 5.96 Å². The van der Waals surface area contributed by atoms with Crippen LogP contribution in [0, 0.1) is 5.41 Å². The summed E-state index contributed by atoms with van der Waals surface area (Å²) in [6, 6.07) is 7.90. The fraction of sp³-hybridized carbons (Fsp3) is 0.467. The van der Waals surface area contributed by atoms with Gasteiger partial charge in [0.1, 0.15) is 0 Å². The second-order valence-corrected chi connectivity index (χ2v) is 6.21. The van der Waals surface area contributed by atoms with Gasteiger partial charge in [0.05, 0.1) is 5.88 Å². The Hall–Kier alpha value is -1.69. The van der Waals surface area contributed by atoms with E-state index in [0.29, 0.717) is 12.3 Å². The zero-order valence-electron chi connectivity index (χ0n) is 12.1. The first-order valence-electron chi connectivity index (χ1n) is 7.20. The number of amides is 1. The summed E-state index contributed by atoms with van der Waals surface area (Å²) in [5.41, 5.74) is 7.35. The first-order valence-corrected chi connectivity index (χ1v) is 8.36. The van der Waals surface area contributed by atoms with Gasteiger partial charge >= 0.3 is 0 Å². The largest absolute Gasteiger partial charge is 0.370 e. The van der Waals surface area contributed by atoms with Gasteiger partial charge < -0.3 is 16.0 Å². The van der Waals surface area contributed by atoms with Gasteiger partial charge in [-0.15, -0.1) is 11.8 Å². The molecule has 1 saturated heterocycles. The van der Waals surface area contributed by atoms with Crippen molar-refractivity contribution in [2.75, 3.05) is 23.5 Å². The lowest BCUT2D eigenvalue weighted by molar-refractivity contribution is -0.129. The van der Waals surface area contributed by atoms with Crippen LogP contribution in [0.1, 0.15) is 24.8 Å². The molecule has 1 fully saturated rings. The van der Waals surface area contributed by atoms with Crippen LogP contribution in [0.5, 0.6) is 0 Å². The Labute approximate surface area is 129 Å². The lowest BCUT2D eigenvalue weighted by atomic mass is 10.1. The Bertz CT molecular complexity index is 483. The van der Waals surface area contributed by atoms with Gasteiger partial charge in [-0.25, -0.2) is 0 Å². The molecule has 1 aliphatic rings. The maximum atomic E-state index is 11.9. The molecule has 1 aromatic carbocycles. The number of nitrogens with two attached hydrogens (primary N) is 1. The molecule has 2 rings (SSSR count). The van der Waals surface area contributed by atoms with Crippen molar-refractivity contribution in [1.29, 1.82) is 5.41 Å². The summed E-state index contributed by atoms with van der Waals surface area (Å²) in [6.07, 6.45) is 3.59. The lowest BCUT2D eigenvalue weighted by Crippen LogP contribution is -2.27. The van der Waals surface area contributed by atoms with Gasteiger partial charge in [-0.3, -0.25) is 10.2 Å². The van der Waals surface area contributed by atoms with Crippen molar-refractivity contribution >= 4 is 29.3 Å². The Morgan fingerprint density at radius 3 is 2.71 bits per heavy atom. The number of nitrogens with one attached hydrogen (secondary N) is 2. The summed E-state index contributed by atoms with van der Waals surface area (Å²) >= 11 is 1.83. The number of guanidine groups is 1. The van der Waals surface area contributed by atoms with E-state index in [0.717, 1.165) is 43.1 Å². The number of benzene rings is 1. The number of hydrogen-bond acceptors (Lipinski definition) is 3. The maximum absolute atomic E-state index is 11.9. The van der Waals surface area contributed by atoms with Crippen molar-refractivity contribution in [1.82, 2.24) is 4.90 Å². The van der Waals surface area contributed by atoms with Crippen LogP contribution < -0.4 is 11.1 Å². The number of carbonyl (C=O) groups excluding carboxylic acids is 1. The molecule has 1 heterocycles. The molecular formula is C15H22N4OS. The van der Waals surface area contributed by atoms with Crippen molar-refractivity contribution < 1.29 is 4.79 Å². The number of aryl methyl sites for hydroxylation is 1. The molecule has 0 radical (unpaired) electrons. The van der Waals surface area contributed by atoms with Crippen LogP contribution in [0.25, 0.3) is 0 Å². The normalized spacial score (nSPS) is 14.2. The summed E-state index contributed by atoms with van der Waals surface area (Å²) in [7, 11) is 0. The monoisotopic (exact) mass is 306 g/mol. The van der Waals surface area contributed by atoms with Gasteiger partial charge in [-0.1, -0.05) is 12.1 Å². The number of nitrogens with zero attached hydrogens (tertiary/aromatic N) is 1. The van der Waals surface area contributed by atoms with Crippen LogP contribution in [-0.4, -0.2) is 34.9 Å². The minimum Gasteiger partial charge on any atom is -0.370 e. The Balaban J connectivity index is 1.66. The summed E-state index contributed by atoms with van der Waals surface area (Å²) < 4.78 is 0. The molecule has 0 unspecified atom stereocenters. The smallest absolute Gasteiger partial charge is 0.223 e. The molecule has 1 amide bonds. The van der Waals surface area contributed by atoms with E-state index in [2.05, 4.69) is 5.32 Å². The van der Waals surface area contributed by atoms with Crippen LogP contribution >= 0.6 is 11.8 Å². The minimum atomic E-state index is -0.0543. The highest BCUT2D eigenvalue weighted by molar-refractivity contribution is 7.99. The van der Waals surface area contributed by atoms with Crippen LogP contribution in [0.4, 0.5) is 5.69 Å². The zero-order valence-corrected chi connectivity index (χ0v) is 12.9.